The zero-order valence-corrected chi connectivity index (χ0v) is 13.3. The summed E-state index contributed by atoms with van der Waals surface area (Å²) < 4.78 is 5.89. The van der Waals surface area contributed by atoms with Crippen LogP contribution in [0.15, 0.2) is 54.6 Å². The number of carboxylic acid groups (broad SMARTS) is 1. The number of carbonyl (C=O) groups is 1. The summed E-state index contributed by atoms with van der Waals surface area (Å²) in [6, 6.07) is 17.4. The third-order valence-corrected chi connectivity index (χ3v) is 3.79. The van der Waals surface area contributed by atoms with Crippen molar-refractivity contribution in [1.82, 2.24) is 10.2 Å². The van der Waals surface area contributed by atoms with E-state index in [2.05, 4.69) is 22.3 Å². The lowest BCUT2D eigenvalue weighted by molar-refractivity contribution is 0.0697. The van der Waals surface area contributed by atoms with Gasteiger partial charge in [-0.15, -0.1) is 0 Å². The van der Waals surface area contributed by atoms with E-state index in [1.807, 2.05) is 42.5 Å². The molecule has 0 aliphatic carbocycles. The lowest BCUT2D eigenvalue weighted by Gasteiger charge is -2.11. The Kier molecular flexibility index (Phi) is 4.61. The van der Waals surface area contributed by atoms with E-state index in [0.29, 0.717) is 29.3 Å². The van der Waals surface area contributed by atoms with E-state index in [9.17, 15) is 9.90 Å². The molecule has 0 aliphatic heterocycles. The molecule has 24 heavy (non-hydrogen) atoms. The van der Waals surface area contributed by atoms with Crippen LogP contribution in [0.5, 0.6) is 5.75 Å². The number of para-hydroxylation sites is 1. The summed E-state index contributed by atoms with van der Waals surface area (Å²) in [4.78, 5) is 11.5. The van der Waals surface area contributed by atoms with E-state index in [1.54, 1.807) is 6.92 Å². The summed E-state index contributed by atoms with van der Waals surface area (Å²) in [5.74, 6) is -0.377. The smallest absolute Gasteiger partial charge is 0.339 e. The maximum Gasteiger partial charge on any atom is 0.339 e. The van der Waals surface area contributed by atoms with E-state index in [-0.39, 0.29) is 5.56 Å². The highest BCUT2D eigenvalue weighted by molar-refractivity contribution is 5.96. The molecule has 2 aromatic carbocycles. The Morgan fingerprint density at radius 3 is 2.58 bits per heavy atom. The molecule has 0 saturated carbocycles. The average Bonchev–Trinajstić information content (AvgIpc) is 2.98. The van der Waals surface area contributed by atoms with Crippen LogP contribution in [0.1, 0.15) is 21.6 Å². The number of aromatic nitrogens is 2. The quantitative estimate of drug-likeness (QED) is 0.725. The molecular formula is C19H18N2O3. The van der Waals surface area contributed by atoms with Gasteiger partial charge in [0.2, 0.25) is 0 Å². The summed E-state index contributed by atoms with van der Waals surface area (Å²) >= 11 is 0. The predicted octanol–water partition coefficient (Wildman–Crippen LogP) is 3.70. The molecule has 0 atom stereocenters. The van der Waals surface area contributed by atoms with Crippen molar-refractivity contribution in [2.45, 2.75) is 13.3 Å². The van der Waals surface area contributed by atoms with Crippen LogP contribution < -0.4 is 4.74 Å². The largest absolute Gasteiger partial charge is 0.493 e. The maximum absolute atomic E-state index is 11.5. The van der Waals surface area contributed by atoms with Gasteiger partial charge in [0, 0.05) is 17.7 Å². The molecule has 0 radical (unpaired) electrons. The van der Waals surface area contributed by atoms with Crippen LogP contribution in [0.4, 0.5) is 0 Å². The van der Waals surface area contributed by atoms with Gasteiger partial charge in [0.15, 0.2) is 0 Å². The fourth-order valence-electron chi connectivity index (χ4n) is 2.60. The van der Waals surface area contributed by atoms with Crippen LogP contribution in [0.2, 0.25) is 0 Å². The van der Waals surface area contributed by atoms with Crippen LogP contribution >= 0.6 is 0 Å². The standard InChI is InChI=1S/C19H18N2O3/c1-13-17(19(22)23)18(21-20-13)15-9-5-6-10-16(15)24-12-11-14-7-3-2-4-8-14/h2-10H,11-12H2,1H3,(H,20,21)(H,22,23). The number of carboxylic acids is 1. The summed E-state index contributed by atoms with van der Waals surface area (Å²) in [6.07, 6.45) is 0.778. The number of aryl methyl sites for hydroxylation is 1. The Balaban J connectivity index is 1.82. The number of nitrogens with zero attached hydrogens (tertiary/aromatic N) is 1. The highest BCUT2D eigenvalue weighted by atomic mass is 16.5. The summed E-state index contributed by atoms with van der Waals surface area (Å²) in [5, 5.41) is 16.3. The first kappa shape index (κ1) is 15.8. The average molecular weight is 322 g/mol. The van der Waals surface area contributed by atoms with Gasteiger partial charge in [0.1, 0.15) is 17.0 Å². The minimum atomic E-state index is -1.00. The van der Waals surface area contributed by atoms with Gasteiger partial charge < -0.3 is 9.84 Å². The van der Waals surface area contributed by atoms with E-state index in [4.69, 9.17) is 4.74 Å². The molecule has 1 heterocycles. The highest BCUT2D eigenvalue weighted by Crippen LogP contribution is 2.32. The van der Waals surface area contributed by atoms with Crippen LogP contribution in [-0.4, -0.2) is 27.9 Å². The molecule has 5 nitrogen and oxygen atoms in total. The molecule has 0 unspecified atom stereocenters. The highest BCUT2D eigenvalue weighted by Gasteiger charge is 2.21. The third-order valence-electron chi connectivity index (χ3n) is 3.79. The number of rotatable bonds is 6. The first-order valence-corrected chi connectivity index (χ1v) is 7.71. The van der Waals surface area contributed by atoms with Crippen molar-refractivity contribution in [1.29, 1.82) is 0 Å². The van der Waals surface area contributed by atoms with Gasteiger partial charge in [-0.2, -0.15) is 5.10 Å². The molecule has 0 fully saturated rings. The van der Waals surface area contributed by atoms with Gasteiger partial charge in [-0.3, -0.25) is 5.10 Å². The molecule has 3 aromatic rings. The van der Waals surface area contributed by atoms with E-state index in [0.717, 1.165) is 6.42 Å². The molecule has 0 spiro atoms. The second kappa shape index (κ2) is 7.00. The van der Waals surface area contributed by atoms with Gasteiger partial charge in [0.05, 0.1) is 6.61 Å². The Bertz CT molecular complexity index is 841. The normalized spacial score (nSPS) is 10.5. The zero-order chi connectivity index (χ0) is 16.9. The van der Waals surface area contributed by atoms with Crippen molar-refractivity contribution in [2.75, 3.05) is 6.61 Å². The number of benzene rings is 2. The SMILES string of the molecule is Cc1[nH]nc(-c2ccccc2OCCc2ccccc2)c1C(=O)O. The molecule has 122 valence electrons. The van der Waals surface area contributed by atoms with Gasteiger partial charge in [-0.1, -0.05) is 42.5 Å². The van der Waals surface area contributed by atoms with Crippen molar-refractivity contribution in [3.05, 3.63) is 71.4 Å². The second-order valence-corrected chi connectivity index (χ2v) is 5.46. The van der Waals surface area contributed by atoms with Crippen LogP contribution in [0.3, 0.4) is 0 Å². The van der Waals surface area contributed by atoms with Crippen LogP contribution in [0.25, 0.3) is 11.3 Å². The van der Waals surface area contributed by atoms with Gasteiger partial charge in [0.25, 0.3) is 0 Å². The fourth-order valence-corrected chi connectivity index (χ4v) is 2.60. The van der Waals surface area contributed by atoms with Crippen LogP contribution in [0, 0.1) is 6.92 Å². The Morgan fingerprint density at radius 2 is 1.83 bits per heavy atom. The first-order valence-electron chi connectivity index (χ1n) is 7.71. The van der Waals surface area contributed by atoms with Gasteiger partial charge in [-0.25, -0.2) is 4.79 Å². The molecule has 2 N–H and O–H groups in total. The number of hydrogen-bond acceptors (Lipinski definition) is 3. The van der Waals surface area contributed by atoms with Crippen molar-refractivity contribution < 1.29 is 14.6 Å². The summed E-state index contributed by atoms with van der Waals surface area (Å²) in [7, 11) is 0. The minimum absolute atomic E-state index is 0.175. The lowest BCUT2D eigenvalue weighted by Crippen LogP contribution is -2.04. The molecular weight excluding hydrogens is 304 g/mol. The maximum atomic E-state index is 11.5. The molecule has 0 saturated heterocycles. The number of nitrogens with one attached hydrogen (secondary N) is 1. The van der Waals surface area contributed by atoms with E-state index < -0.39 is 5.97 Å². The lowest BCUT2D eigenvalue weighted by atomic mass is 10.1. The second-order valence-electron chi connectivity index (χ2n) is 5.46. The Hall–Kier alpha value is -3.08. The predicted molar refractivity (Wildman–Crippen MR) is 91.4 cm³/mol. The van der Waals surface area contributed by atoms with Crippen molar-refractivity contribution in [2.24, 2.45) is 0 Å². The van der Waals surface area contributed by atoms with Gasteiger partial charge in [-0.05, 0) is 24.6 Å². The summed E-state index contributed by atoms with van der Waals surface area (Å²) in [6.45, 7) is 2.20. The molecule has 0 bridgehead atoms. The minimum Gasteiger partial charge on any atom is -0.493 e. The number of H-pyrrole nitrogens is 1. The zero-order valence-electron chi connectivity index (χ0n) is 13.3. The number of ether oxygens (including phenoxy) is 1. The molecule has 5 heteroatoms. The fraction of sp³-hybridized carbons (Fsp3) is 0.158. The van der Waals surface area contributed by atoms with Crippen molar-refractivity contribution in [3.8, 4) is 17.0 Å². The van der Waals surface area contributed by atoms with Crippen molar-refractivity contribution >= 4 is 5.97 Å². The number of aromatic amines is 1. The molecule has 0 amide bonds. The first-order chi connectivity index (χ1) is 11.7. The monoisotopic (exact) mass is 322 g/mol. The topological polar surface area (TPSA) is 75.2 Å². The summed E-state index contributed by atoms with van der Waals surface area (Å²) in [5.41, 5.74) is 2.96. The number of hydrogen-bond donors (Lipinski definition) is 2. The molecule has 1 aromatic heterocycles. The number of aromatic carboxylic acids is 1. The molecule has 3 rings (SSSR count). The van der Waals surface area contributed by atoms with Crippen molar-refractivity contribution in [3.63, 3.8) is 0 Å². The van der Waals surface area contributed by atoms with Gasteiger partial charge >= 0.3 is 5.97 Å². The molecule has 0 aliphatic rings. The van der Waals surface area contributed by atoms with E-state index >= 15 is 0 Å². The Morgan fingerprint density at radius 1 is 1.12 bits per heavy atom. The van der Waals surface area contributed by atoms with E-state index in [1.165, 1.54) is 5.56 Å². The third kappa shape index (κ3) is 3.30. The van der Waals surface area contributed by atoms with Crippen LogP contribution in [-0.2, 0) is 6.42 Å². The Labute approximate surface area is 139 Å².